The minimum absolute atomic E-state index is 0.417. The van der Waals surface area contributed by atoms with Crippen molar-refractivity contribution >= 4 is 117 Å². The van der Waals surface area contributed by atoms with E-state index >= 15 is 0 Å². The summed E-state index contributed by atoms with van der Waals surface area (Å²) in [6, 6.07) is 125. The van der Waals surface area contributed by atoms with Gasteiger partial charge in [0.25, 0.3) is 7.98 Å². The predicted octanol–water partition coefficient (Wildman–Crippen LogP) is 24.0. The summed E-state index contributed by atoms with van der Waals surface area (Å²) in [5.41, 5.74) is 20.9. The Balaban J connectivity index is 0.000000175. The first-order valence-corrected chi connectivity index (χ1v) is 30.3. The average Bonchev–Trinajstić information content (AvgIpc) is 0.935. The van der Waals surface area contributed by atoms with E-state index in [0.29, 0.717) is 0 Å². The van der Waals surface area contributed by atoms with Gasteiger partial charge in [0, 0.05) is 67.6 Å². The first-order valence-electron chi connectivity index (χ1n) is 30.9. The zero-order valence-corrected chi connectivity index (χ0v) is 52.3. The van der Waals surface area contributed by atoms with Crippen molar-refractivity contribution < 1.29 is 0 Å². The molecule has 5 nitrogen and oxygen atoms in total. The van der Waals surface area contributed by atoms with Crippen molar-refractivity contribution in [2.24, 2.45) is 4.66 Å². The van der Waals surface area contributed by atoms with Gasteiger partial charge in [-0.25, -0.2) is 0 Å². The van der Waals surface area contributed by atoms with Gasteiger partial charge in [0.2, 0.25) is 0 Å². The molecule has 14 rings (SSSR count). The number of rotatable bonds is 14. The largest absolute Gasteiger partial charge is 0.344 e. The summed E-state index contributed by atoms with van der Waals surface area (Å²) in [5, 5.41) is 4.90. The van der Waals surface area contributed by atoms with Crippen molar-refractivity contribution in [3.63, 3.8) is 0 Å². The zero-order valence-electron chi connectivity index (χ0n) is 52.3. The molecule has 90 heavy (non-hydrogen) atoms. The smallest absolute Gasteiger partial charge is 0.265 e. The minimum atomic E-state index is -0.417. The monoisotopic (exact) mass is 1200 g/mol. The number of fused-ring (bicyclic) bond motifs is 2. The van der Waals surface area contributed by atoms with Crippen LogP contribution in [0.4, 0.5) is 68.2 Å². The van der Waals surface area contributed by atoms with E-state index in [-0.39, 0.29) is 0 Å². The van der Waals surface area contributed by atoms with Gasteiger partial charge in [-0.15, -0.1) is 0 Å². The van der Waals surface area contributed by atoms with Crippen molar-refractivity contribution in [1.82, 2.24) is 0 Å². The molecule has 434 valence electrons. The summed E-state index contributed by atoms with van der Waals surface area (Å²) in [4.78, 5) is 9.30. The van der Waals surface area contributed by atoms with Crippen molar-refractivity contribution in [2.45, 2.75) is 13.8 Å². The molecule has 0 aliphatic rings. The van der Waals surface area contributed by atoms with Gasteiger partial charge in [0.1, 0.15) is 0 Å². The Morgan fingerprint density at radius 1 is 0.300 bits per heavy atom. The van der Waals surface area contributed by atoms with Gasteiger partial charge in [-0.1, -0.05) is 218 Å². The van der Waals surface area contributed by atoms with Gasteiger partial charge in [0.15, 0.2) is 0 Å². The first-order chi connectivity index (χ1) is 45.3. The molecule has 0 aliphatic carbocycles. The van der Waals surface area contributed by atoms with E-state index in [2.05, 4.69) is 407 Å². The van der Waals surface area contributed by atoms with E-state index in [1.807, 2.05) is 0 Å². The molecule has 0 saturated carbocycles. The third-order valence-electron chi connectivity index (χ3n) is 15.8. The van der Waals surface area contributed by atoms with Crippen LogP contribution in [0.1, 0.15) is 11.1 Å². The highest BCUT2D eigenvalue weighted by Crippen LogP contribution is 2.43. The summed E-state index contributed by atoms with van der Waals surface area (Å²) in [5.74, 6) is 0. The molecule has 14 aromatic carbocycles. The summed E-state index contributed by atoms with van der Waals surface area (Å²) in [7, 11) is 6.56. The van der Waals surface area contributed by atoms with Gasteiger partial charge >= 0.3 is 0 Å². The van der Waals surface area contributed by atoms with E-state index in [0.717, 1.165) is 68.2 Å². The second-order valence-corrected chi connectivity index (χ2v) is 21.9. The van der Waals surface area contributed by atoms with Crippen molar-refractivity contribution in [3.05, 3.63) is 363 Å². The lowest BCUT2D eigenvalue weighted by Crippen LogP contribution is -2.10. The molecule has 14 aromatic rings. The number of benzene rings is 14. The lowest BCUT2D eigenvalue weighted by molar-refractivity contribution is 1.27. The molecule has 0 fully saturated rings. The van der Waals surface area contributed by atoms with Gasteiger partial charge in [-0.3, -0.25) is 0 Å². The van der Waals surface area contributed by atoms with E-state index in [4.69, 9.17) is 2.56 Å². The highest BCUT2D eigenvalue weighted by atomic mass is 31.0. The maximum atomic E-state index is 5.90. The first kappa shape index (κ1) is 58.4. The fourth-order valence-electron chi connectivity index (χ4n) is 11.6. The Bertz CT molecular complexity index is 4320. The summed E-state index contributed by atoms with van der Waals surface area (Å²) < 4.78 is 14.6. The molecule has 0 N–H and O–H groups in total. The Hall–Kier alpha value is -10.6. The lowest BCUT2D eigenvalue weighted by Gasteiger charge is -2.27. The zero-order chi connectivity index (χ0) is 63.4. The molecule has 0 saturated heterocycles. The standard InChI is InChI=1S/C44H32N2.C38H32N2.BHNP.H3P/c1-3-17-37(18-4-1)45(43-23-11-15-35-13-7-9-21-41(35)43)39-29-25-33(26-30-39)34-27-31-40(32-28-34)46(38-19-5-2-6-20-38)44-24-12-16-36-14-8-10-22-42(36)44;1-29-11-9-17-37(27-29)39(33-13-5-3-6-14-33)35-23-19-31(20-24-35)32-21-25-36(26-22-32)40(34-15-7-4-8-16-34)38-18-10-12-30(2)28-38;1-2-3;/h1-32H;3-28H,1-2H3;3H;1H3/i;;;1TD. The maximum Gasteiger partial charge on any atom is 0.265 e. The molecule has 1 unspecified atom stereocenters. The van der Waals surface area contributed by atoms with Crippen LogP contribution in [0.15, 0.2) is 357 Å². The molecule has 0 bridgehead atoms. The van der Waals surface area contributed by atoms with E-state index in [9.17, 15) is 0 Å². The van der Waals surface area contributed by atoms with Crippen LogP contribution in [-0.4, -0.2) is 10.5 Å². The second-order valence-electron chi connectivity index (χ2n) is 21.7. The molecular formula is C82H68BN5P2. The van der Waals surface area contributed by atoms with Gasteiger partial charge in [-0.05, 0) is 200 Å². The van der Waals surface area contributed by atoms with E-state index in [1.165, 1.54) is 54.9 Å². The van der Waals surface area contributed by atoms with Crippen LogP contribution in [0, 0.1) is 13.8 Å². The van der Waals surface area contributed by atoms with Crippen LogP contribution in [0.5, 0.6) is 0 Å². The third-order valence-corrected chi connectivity index (χ3v) is 15.8. The maximum absolute atomic E-state index is 5.90. The van der Waals surface area contributed by atoms with Gasteiger partial charge < -0.3 is 24.3 Å². The SMILES string of the molecule is Cc1cccc(N(c2ccccc2)c2ccc(-c3ccc(N(c4ccccc4)c4cccc(C)c4)cc3)cc2)c1.[2H]P[3H].[B]N=P.c1ccc(N(c2ccc(-c3ccc(N(c4ccccc4)c4cccc5ccccc45)cc3)cc2)c2cccc3ccccc23)cc1. The van der Waals surface area contributed by atoms with Crippen LogP contribution in [0.25, 0.3) is 43.8 Å². The Morgan fingerprint density at radius 3 is 0.822 bits per heavy atom. The van der Waals surface area contributed by atoms with Crippen molar-refractivity contribution in [3.8, 4) is 22.3 Å². The fourth-order valence-corrected chi connectivity index (χ4v) is 11.6. The van der Waals surface area contributed by atoms with Crippen molar-refractivity contribution in [2.75, 3.05) is 19.6 Å². The summed E-state index contributed by atoms with van der Waals surface area (Å²) >= 11 is 0. The molecule has 0 amide bonds. The van der Waals surface area contributed by atoms with Crippen LogP contribution >= 0.6 is 18.8 Å². The molecule has 0 aliphatic heterocycles. The minimum Gasteiger partial charge on any atom is -0.344 e. The lowest BCUT2D eigenvalue weighted by atomic mass is 10.0. The summed E-state index contributed by atoms with van der Waals surface area (Å²) in [6.45, 7) is 4.27. The number of anilines is 12. The van der Waals surface area contributed by atoms with E-state index in [1.54, 1.807) is 0 Å². The molecule has 1 atom stereocenters. The Morgan fingerprint density at radius 2 is 0.522 bits per heavy atom. The average molecular weight is 1200 g/mol. The molecular weight excluding hydrogens is 1130 g/mol. The quantitative estimate of drug-likeness (QED) is 0.0800. The van der Waals surface area contributed by atoms with Crippen LogP contribution in [0.2, 0.25) is 0 Å². The topological polar surface area (TPSA) is 25.3 Å². The van der Waals surface area contributed by atoms with Gasteiger partial charge in [-0.2, -0.15) is 9.79 Å². The van der Waals surface area contributed by atoms with Crippen LogP contribution in [0.3, 0.4) is 0 Å². The number of nitrogens with zero attached hydrogens (tertiary/aromatic N) is 5. The van der Waals surface area contributed by atoms with E-state index < -0.39 is 9.79 Å². The third kappa shape index (κ3) is 14.0. The van der Waals surface area contributed by atoms with Crippen LogP contribution < -0.4 is 19.6 Å². The fraction of sp³-hybridized carbons (Fsp3) is 0.0244. The van der Waals surface area contributed by atoms with Crippen LogP contribution in [-0.2, 0) is 0 Å². The Labute approximate surface area is 539 Å². The number of hydrogen-bond donors (Lipinski definition) is 0. The van der Waals surface area contributed by atoms with Gasteiger partial charge in [0.05, 0.1) is 13.9 Å². The predicted molar refractivity (Wildman–Crippen MR) is 395 cm³/mol. The normalized spacial score (nSPS) is 10.9. The second kappa shape index (κ2) is 29.4. The number of para-hydroxylation sites is 4. The van der Waals surface area contributed by atoms with Crippen molar-refractivity contribution in [1.29, 1.82) is 2.56 Å². The molecule has 8 heteroatoms. The molecule has 0 spiro atoms. The highest BCUT2D eigenvalue weighted by Gasteiger charge is 2.19. The molecule has 0 aromatic heterocycles. The highest BCUT2D eigenvalue weighted by molar-refractivity contribution is 7.05. The summed E-state index contributed by atoms with van der Waals surface area (Å²) in [6.07, 6.45) is 0. The Kier molecular flexibility index (Phi) is 19.1. The number of aryl methyl sites for hydroxylation is 2. The number of hydrogen-bond acceptors (Lipinski definition) is 5. The molecule has 2 radical (unpaired) electrons. The molecule has 0 heterocycles.